The third kappa shape index (κ3) is 1.55. The van der Waals surface area contributed by atoms with Crippen LogP contribution in [0, 0.1) is 5.41 Å². The van der Waals surface area contributed by atoms with Gasteiger partial charge in [-0.3, -0.25) is 14.8 Å². The Morgan fingerprint density at radius 1 is 1.42 bits per heavy atom. The number of hydrogen-bond acceptors (Lipinski definition) is 3. The summed E-state index contributed by atoms with van der Waals surface area (Å²) >= 11 is 0. The van der Waals surface area contributed by atoms with Crippen molar-refractivity contribution in [2.24, 2.45) is 5.41 Å². The summed E-state index contributed by atoms with van der Waals surface area (Å²) < 4.78 is 0. The molecule has 0 saturated heterocycles. The fourth-order valence-corrected chi connectivity index (χ4v) is 2.57. The molecule has 2 heterocycles. The zero-order valence-corrected chi connectivity index (χ0v) is 9.83. The molecule has 1 aliphatic heterocycles. The Kier molecular flexibility index (Phi) is 2.25. The topological polar surface area (TPSA) is 107 Å². The predicted octanol–water partition coefficient (Wildman–Crippen LogP) is 0.927. The Balaban J connectivity index is 2.13. The van der Waals surface area contributed by atoms with Crippen molar-refractivity contribution in [2.45, 2.75) is 6.42 Å². The SMILES string of the molecule is O=C(O)N1C=CC2=Cc3[nH]ncc3CC2(C(=O)O)C1. The number of aliphatic carboxylic acids is 1. The van der Waals surface area contributed by atoms with Crippen molar-refractivity contribution in [1.82, 2.24) is 15.1 Å². The van der Waals surface area contributed by atoms with Gasteiger partial charge in [-0.25, -0.2) is 4.79 Å². The van der Waals surface area contributed by atoms with Crippen molar-refractivity contribution in [3.63, 3.8) is 0 Å². The largest absolute Gasteiger partial charge is 0.481 e. The molecule has 98 valence electrons. The molecule has 0 bridgehead atoms. The van der Waals surface area contributed by atoms with Crippen LogP contribution in [0.1, 0.15) is 11.3 Å². The summed E-state index contributed by atoms with van der Waals surface area (Å²) in [5.74, 6) is -1.03. The molecule has 1 aromatic rings. The van der Waals surface area contributed by atoms with Gasteiger partial charge in [-0.15, -0.1) is 0 Å². The van der Waals surface area contributed by atoms with Crippen molar-refractivity contribution < 1.29 is 19.8 Å². The summed E-state index contributed by atoms with van der Waals surface area (Å²) in [7, 11) is 0. The van der Waals surface area contributed by atoms with E-state index in [9.17, 15) is 14.7 Å². The molecule has 7 nitrogen and oxygen atoms in total. The minimum absolute atomic E-state index is 0.0926. The average molecular weight is 261 g/mol. The molecular weight excluding hydrogens is 250 g/mol. The van der Waals surface area contributed by atoms with Crippen LogP contribution in [0.3, 0.4) is 0 Å². The first-order valence-electron chi connectivity index (χ1n) is 5.68. The fraction of sp³-hybridized carbons (Fsp3) is 0.250. The van der Waals surface area contributed by atoms with Crippen molar-refractivity contribution in [3.8, 4) is 0 Å². The molecule has 1 unspecified atom stereocenters. The van der Waals surface area contributed by atoms with Crippen molar-refractivity contribution in [2.75, 3.05) is 6.54 Å². The van der Waals surface area contributed by atoms with Gasteiger partial charge in [0.15, 0.2) is 0 Å². The van der Waals surface area contributed by atoms with E-state index in [1.165, 1.54) is 12.3 Å². The van der Waals surface area contributed by atoms with E-state index in [2.05, 4.69) is 10.2 Å². The summed E-state index contributed by atoms with van der Waals surface area (Å²) in [6.45, 7) is -0.0926. The number of carbonyl (C=O) groups is 2. The van der Waals surface area contributed by atoms with E-state index >= 15 is 0 Å². The van der Waals surface area contributed by atoms with Crippen molar-refractivity contribution >= 4 is 18.1 Å². The van der Waals surface area contributed by atoms with Gasteiger partial charge in [-0.05, 0) is 29.7 Å². The van der Waals surface area contributed by atoms with E-state index in [0.29, 0.717) is 5.57 Å². The van der Waals surface area contributed by atoms with Crippen LogP contribution < -0.4 is 0 Å². The normalized spacial score (nSPS) is 24.4. The highest BCUT2D eigenvalue weighted by molar-refractivity contribution is 5.86. The fourth-order valence-electron chi connectivity index (χ4n) is 2.57. The molecule has 7 heteroatoms. The van der Waals surface area contributed by atoms with Gasteiger partial charge in [0.05, 0.1) is 11.9 Å². The molecule has 1 amide bonds. The van der Waals surface area contributed by atoms with Gasteiger partial charge in [0.1, 0.15) is 5.41 Å². The molecule has 3 N–H and O–H groups in total. The predicted molar refractivity (Wildman–Crippen MR) is 64.2 cm³/mol. The second-order valence-corrected chi connectivity index (χ2v) is 4.70. The number of H-pyrrole nitrogens is 1. The first-order valence-corrected chi connectivity index (χ1v) is 5.68. The smallest absolute Gasteiger partial charge is 0.411 e. The second-order valence-electron chi connectivity index (χ2n) is 4.70. The van der Waals surface area contributed by atoms with Gasteiger partial charge in [0.25, 0.3) is 0 Å². The van der Waals surface area contributed by atoms with Crippen LogP contribution in [0.2, 0.25) is 0 Å². The van der Waals surface area contributed by atoms with Gasteiger partial charge < -0.3 is 10.2 Å². The minimum Gasteiger partial charge on any atom is -0.481 e. The Morgan fingerprint density at radius 3 is 2.89 bits per heavy atom. The van der Waals surface area contributed by atoms with Gasteiger partial charge in [0, 0.05) is 12.7 Å². The number of aromatic amines is 1. The Hall–Kier alpha value is -2.57. The summed E-state index contributed by atoms with van der Waals surface area (Å²) in [5.41, 5.74) is 0.922. The average Bonchev–Trinajstić information content (AvgIpc) is 2.81. The monoisotopic (exact) mass is 261 g/mol. The molecule has 0 fully saturated rings. The van der Waals surface area contributed by atoms with Gasteiger partial charge in [-0.1, -0.05) is 0 Å². The molecule has 0 spiro atoms. The highest BCUT2D eigenvalue weighted by atomic mass is 16.4. The Bertz CT molecular complexity index is 631. The van der Waals surface area contributed by atoms with Crippen LogP contribution in [-0.4, -0.2) is 43.9 Å². The lowest BCUT2D eigenvalue weighted by Crippen LogP contribution is -2.48. The maximum Gasteiger partial charge on any atom is 0.411 e. The number of aromatic nitrogens is 2. The lowest BCUT2D eigenvalue weighted by Gasteiger charge is -2.38. The summed E-state index contributed by atoms with van der Waals surface area (Å²) in [6, 6.07) is 0. The van der Waals surface area contributed by atoms with Crippen molar-refractivity contribution in [1.29, 1.82) is 0 Å². The number of nitrogens with zero attached hydrogens (tertiary/aromatic N) is 2. The zero-order valence-electron chi connectivity index (χ0n) is 9.83. The Morgan fingerprint density at radius 2 is 2.21 bits per heavy atom. The minimum atomic E-state index is -1.23. The van der Waals surface area contributed by atoms with Gasteiger partial charge in [0.2, 0.25) is 0 Å². The van der Waals surface area contributed by atoms with Crippen molar-refractivity contribution in [3.05, 3.63) is 35.3 Å². The standard InChI is InChI=1S/C12H11N3O4/c16-10(17)12-4-7-5-13-14-9(7)3-8(12)1-2-15(6-12)11(18)19/h1-3,5H,4,6H2,(H,13,14)(H,16,17)(H,18,19). The lowest BCUT2D eigenvalue weighted by atomic mass is 9.70. The van der Waals surface area contributed by atoms with Crippen LogP contribution in [0.25, 0.3) is 6.08 Å². The molecule has 2 aliphatic rings. The Labute approximate surface area is 107 Å². The molecule has 1 atom stereocenters. The first-order chi connectivity index (χ1) is 9.03. The number of hydrogen-bond donors (Lipinski definition) is 3. The van der Waals surface area contributed by atoms with E-state index in [1.807, 2.05) is 0 Å². The molecule has 0 radical (unpaired) electrons. The zero-order chi connectivity index (χ0) is 13.6. The third-order valence-electron chi connectivity index (χ3n) is 3.63. The van der Waals surface area contributed by atoms with Crippen LogP contribution in [0.5, 0.6) is 0 Å². The number of carboxylic acid groups (broad SMARTS) is 2. The van der Waals surface area contributed by atoms with Crippen LogP contribution >= 0.6 is 0 Å². The number of rotatable bonds is 1. The van der Waals surface area contributed by atoms with E-state index in [1.54, 1.807) is 12.3 Å². The van der Waals surface area contributed by atoms with E-state index < -0.39 is 17.5 Å². The van der Waals surface area contributed by atoms with Crippen LogP contribution in [0.15, 0.2) is 24.0 Å². The van der Waals surface area contributed by atoms with E-state index in [0.717, 1.165) is 16.2 Å². The molecule has 3 rings (SSSR count). The lowest BCUT2D eigenvalue weighted by molar-refractivity contribution is -0.147. The molecule has 19 heavy (non-hydrogen) atoms. The second kappa shape index (κ2) is 3.71. The number of amides is 1. The molecule has 1 aliphatic carbocycles. The number of nitrogens with one attached hydrogen (secondary N) is 1. The number of carboxylic acids is 1. The summed E-state index contributed by atoms with van der Waals surface area (Å²) in [5, 5.41) is 25.3. The first kappa shape index (κ1) is 11.5. The molecule has 1 aromatic heterocycles. The summed E-state index contributed by atoms with van der Waals surface area (Å²) in [4.78, 5) is 23.7. The third-order valence-corrected chi connectivity index (χ3v) is 3.63. The van der Waals surface area contributed by atoms with Crippen LogP contribution in [0.4, 0.5) is 4.79 Å². The highest BCUT2D eigenvalue weighted by Gasteiger charge is 2.48. The number of allylic oxidation sites excluding steroid dienone is 1. The quantitative estimate of drug-likeness (QED) is 0.697. The van der Waals surface area contributed by atoms with E-state index in [4.69, 9.17) is 5.11 Å². The molecule has 0 aromatic carbocycles. The van der Waals surface area contributed by atoms with E-state index in [-0.39, 0.29) is 13.0 Å². The summed E-state index contributed by atoms with van der Waals surface area (Å²) in [6.07, 6.45) is 5.29. The van der Waals surface area contributed by atoms with Crippen LogP contribution in [-0.2, 0) is 11.2 Å². The number of fused-ring (bicyclic) bond motifs is 2. The van der Waals surface area contributed by atoms with Gasteiger partial charge >= 0.3 is 12.1 Å². The van der Waals surface area contributed by atoms with Gasteiger partial charge in [-0.2, -0.15) is 5.10 Å². The maximum absolute atomic E-state index is 11.7. The molecular formula is C12H11N3O4. The maximum atomic E-state index is 11.7. The molecule has 0 saturated carbocycles. The highest BCUT2D eigenvalue weighted by Crippen LogP contribution is 2.42.